The number of anilines is 1. The lowest BCUT2D eigenvalue weighted by atomic mass is 9.72. The summed E-state index contributed by atoms with van der Waals surface area (Å²) >= 11 is 1.53. The Morgan fingerprint density at radius 1 is 1.13 bits per heavy atom. The molecule has 1 heterocycles. The quantitative estimate of drug-likeness (QED) is 0.477. The molecular formula is C26H29NO3S. The number of benzene rings is 2. The van der Waals surface area contributed by atoms with Gasteiger partial charge in [-0.15, -0.1) is 11.3 Å². The van der Waals surface area contributed by atoms with Gasteiger partial charge in [-0.2, -0.15) is 0 Å². The van der Waals surface area contributed by atoms with Gasteiger partial charge in [-0.05, 0) is 59.9 Å². The molecule has 4 rings (SSSR count). The molecule has 1 atom stereocenters. The van der Waals surface area contributed by atoms with Crippen molar-refractivity contribution < 1.29 is 14.3 Å². The average molecular weight is 436 g/mol. The summed E-state index contributed by atoms with van der Waals surface area (Å²) in [5.41, 5.74) is 2.41. The molecular weight excluding hydrogens is 406 g/mol. The molecule has 1 amide bonds. The minimum Gasteiger partial charge on any atom is -0.462 e. The number of thiophene rings is 1. The number of esters is 1. The van der Waals surface area contributed by atoms with Gasteiger partial charge in [0, 0.05) is 10.4 Å². The fourth-order valence-corrected chi connectivity index (χ4v) is 5.74. The number of hydrogen-bond donors (Lipinski definition) is 1. The molecule has 1 aromatic heterocycles. The van der Waals surface area contributed by atoms with Crippen molar-refractivity contribution in [2.24, 2.45) is 11.3 Å². The lowest BCUT2D eigenvalue weighted by molar-refractivity contribution is 0.0526. The number of nitrogens with one attached hydrogen (secondary N) is 1. The molecule has 0 saturated heterocycles. The van der Waals surface area contributed by atoms with E-state index < -0.39 is 0 Å². The van der Waals surface area contributed by atoms with E-state index in [0.29, 0.717) is 28.7 Å². The Labute approximate surface area is 187 Å². The zero-order valence-corrected chi connectivity index (χ0v) is 19.4. The fourth-order valence-electron chi connectivity index (χ4n) is 4.43. The number of fused-ring (bicyclic) bond motifs is 2. The van der Waals surface area contributed by atoms with Gasteiger partial charge in [-0.25, -0.2) is 4.79 Å². The second kappa shape index (κ2) is 8.46. The van der Waals surface area contributed by atoms with Crippen LogP contribution in [0.4, 0.5) is 5.00 Å². The Balaban J connectivity index is 1.71. The maximum Gasteiger partial charge on any atom is 0.341 e. The van der Waals surface area contributed by atoms with Gasteiger partial charge in [-0.1, -0.05) is 57.2 Å². The molecule has 0 aliphatic heterocycles. The first-order valence-electron chi connectivity index (χ1n) is 10.9. The van der Waals surface area contributed by atoms with Crippen molar-refractivity contribution in [2.75, 3.05) is 11.9 Å². The van der Waals surface area contributed by atoms with Gasteiger partial charge in [-0.3, -0.25) is 4.79 Å². The van der Waals surface area contributed by atoms with Gasteiger partial charge in [0.2, 0.25) is 0 Å². The second-order valence-corrected chi connectivity index (χ2v) is 10.3. The third-order valence-corrected chi connectivity index (χ3v) is 7.40. The van der Waals surface area contributed by atoms with E-state index in [1.54, 1.807) is 6.92 Å². The van der Waals surface area contributed by atoms with E-state index in [2.05, 4.69) is 26.1 Å². The first-order chi connectivity index (χ1) is 14.8. The summed E-state index contributed by atoms with van der Waals surface area (Å²) in [6.45, 7) is 8.93. The molecule has 1 N–H and O–H groups in total. The molecule has 4 nitrogen and oxygen atoms in total. The molecule has 0 unspecified atom stereocenters. The highest BCUT2D eigenvalue weighted by molar-refractivity contribution is 7.17. The highest BCUT2D eigenvalue weighted by atomic mass is 32.1. The van der Waals surface area contributed by atoms with Crippen LogP contribution in [0.25, 0.3) is 10.8 Å². The van der Waals surface area contributed by atoms with E-state index in [1.165, 1.54) is 16.2 Å². The monoisotopic (exact) mass is 435 g/mol. The van der Waals surface area contributed by atoms with Crippen molar-refractivity contribution in [3.8, 4) is 0 Å². The number of rotatable bonds is 4. The molecule has 1 aliphatic carbocycles. The molecule has 162 valence electrons. The van der Waals surface area contributed by atoms with Crippen LogP contribution in [0.1, 0.15) is 65.3 Å². The molecule has 1 aliphatic rings. The van der Waals surface area contributed by atoms with Crippen molar-refractivity contribution in [2.45, 2.75) is 47.0 Å². The molecule has 3 aromatic rings. The Kier molecular flexibility index (Phi) is 5.89. The number of ether oxygens (including phenoxy) is 1. The smallest absolute Gasteiger partial charge is 0.341 e. The maximum absolute atomic E-state index is 13.2. The number of amides is 1. The third-order valence-electron chi connectivity index (χ3n) is 6.23. The van der Waals surface area contributed by atoms with Gasteiger partial charge in [0.05, 0.1) is 12.2 Å². The molecule has 0 spiro atoms. The van der Waals surface area contributed by atoms with Gasteiger partial charge < -0.3 is 10.1 Å². The SMILES string of the molecule is CCOC(=O)c1c(NC(=O)c2cccc3ccccc23)sc2c1CC[C@@H](C(C)(C)C)C2. The number of carbonyl (C=O) groups excluding carboxylic acids is 2. The summed E-state index contributed by atoms with van der Waals surface area (Å²) in [7, 11) is 0. The van der Waals surface area contributed by atoms with Crippen LogP contribution in [0.5, 0.6) is 0 Å². The first kappa shape index (κ1) is 21.6. The van der Waals surface area contributed by atoms with E-state index in [1.807, 2.05) is 42.5 Å². The van der Waals surface area contributed by atoms with Gasteiger partial charge >= 0.3 is 5.97 Å². The van der Waals surface area contributed by atoms with Crippen molar-refractivity contribution in [1.82, 2.24) is 0 Å². The highest BCUT2D eigenvalue weighted by Gasteiger charge is 2.34. The van der Waals surface area contributed by atoms with E-state index in [4.69, 9.17) is 4.74 Å². The topological polar surface area (TPSA) is 55.4 Å². The maximum atomic E-state index is 13.2. The largest absolute Gasteiger partial charge is 0.462 e. The summed E-state index contributed by atoms with van der Waals surface area (Å²) in [5, 5.41) is 5.57. The summed E-state index contributed by atoms with van der Waals surface area (Å²) in [6.07, 6.45) is 2.81. The van der Waals surface area contributed by atoms with Crippen LogP contribution in [-0.4, -0.2) is 18.5 Å². The van der Waals surface area contributed by atoms with Crippen LogP contribution in [0.15, 0.2) is 42.5 Å². The normalized spacial score (nSPS) is 16.1. The molecule has 0 bridgehead atoms. The van der Waals surface area contributed by atoms with Crippen molar-refractivity contribution >= 4 is 39.0 Å². The van der Waals surface area contributed by atoms with Crippen molar-refractivity contribution in [3.63, 3.8) is 0 Å². The van der Waals surface area contributed by atoms with Crippen LogP contribution in [0, 0.1) is 11.3 Å². The summed E-state index contributed by atoms with van der Waals surface area (Å²) in [4.78, 5) is 27.3. The lowest BCUT2D eigenvalue weighted by Crippen LogP contribution is -2.26. The van der Waals surface area contributed by atoms with E-state index >= 15 is 0 Å². The zero-order valence-electron chi connectivity index (χ0n) is 18.6. The Morgan fingerprint density at radius 3 is 2.61 bits per heavy atom. The van der Waals surface area contributed by atoms with E-state index in [0.717, 1.165) is 35.6 Å². The van der Waals surface area contributed by atoms with Gasteiger partial charge in [0.1, 0.15) is 5.00 Å². The van der Waals surface area contributed by atoms with Crippen LogP contribution < -0.4 is 5.32 Å². The molecule has 5 heteroatoms. The predicted octanol–water partition coefficient (Wildman–Crippen LogP) is 6.48. The average Bonchev–Trinajstić information content (AvgIpc) is 3.09. The third kappa shape index (κ3) is 4.24. The van der Waals surface area contributed by atoms with Gasteiger partial charge in [0.15, 0.2) is 0 Å². The molecule has 2 aromatic carbocycles. The predicted molar refractivity (Wildman–Crippen MR) is 127 cm³/mol. The van der Waals surface area contributed by atoms with Crippen LogP contribution >= 0.6 is 11.3 Å². The zero-order chi connectivity index (χ0) is 22.2. The standard InChI is InChI=1S/C26H29NO3S/c1-5-30-25(29)22-20-14-13-17(26(2,3)4)15-21(20)31-24(22)27-23(28)19-12-8-10-16-9-6-7-11-18(16)19/h6-12,17H,5,13-15H2,1-4H3,(H,27,28)/t17-/m1/s1. The Hall–Kier alpha value is -2.66. The number of hydrogen-bond acceptors (Lipinski definition) is 4. The summed E-state index contributed by atoms with van der Waals surface area (Å²) in [6, 6.07) is 13.5. The molecule has 0 saturated carbocycles. The fraction of sp³-hybridized carbons (Fsp3) is 0.385. The van der Waals surface area contributed by atoms with Crippen LogP contribution in [0.2, 0.25) is 0 Å². The van der Waals surface area contributed by atoms with Crippen LogP contribution in [0.3, 0.4) is 0 Å². The van der Waals surface area contributed by atoms with Crippen molar-refractivity contribution in [3.05, 3.63) is 64.0 Å². The summed E-state index contributed by atoms with van der Waals surface area (Å²) < 4.78 is 5.36. The van der Waals surface area contributed by atoms with Crippen LogP contribution in [-0.2, 0) is 17.6 Å². The Bertz CT molecular complexity index is 1130. The minimum absolute atomic E-state index is 0.201. The van der Waals surface area contributed by atoms with E-state index in [-0.39, 0.29) is 17.3 Å². The lowest BCUT2D eigenvalue weighted by Gasteiger charge is -2.33. The number of carbonyl (C=O) groups is 2. The molecule has 31 heavy (non-hydrogen) atoms. The van der Waals surface area contributed by atoms with E-state index in [9.17, 15) is 9.59 Å². The first-order valence-corrected chi connectivity index (χ1v) is 11.7. The highest BCUT2D eigenvalue weighted by Crippen LogP contribution is 2.44. The van der Waals surface area contributed by atoms with Crippen molar-refractivity contribution in [1.29, 1.82) is 0 Å². The molecule has 0 radical (unpaired) electrons. The summed E-state index contributed by atoms with van der Waals surface area (Å²) in [5.74, 6) is 0.00561. The second-order valence-electron chi connectivity index (χ2n) is 9.21. The van der Waals surface area contributed by atoms with Gasteiger partial charge in [0.25, 0.3) is 5.91 Å². The minimum atomic E-state index is -0.345. The molecule has 0 fully saturated rings. The Morgan fingerprint density at radius 2 is 1.87 bits per heavy atom.